The molecule has 0 spiro atoms. The fourth-order valence-corrected chi connectivity index (χ4v) is 5.48. The summed E-state index contributed by atoms with van der Waals surface area (Å²) in [6.45, 7) is 1.29. The molecular formula is C15H16N2O4S2. The normalized spacial score (nSPS) is 14.4. The van der Waals surface area contributed by atoms with Gasteiger partial charge in [0.15, 0.2) is 0 Å². The van der Waals surface area contributed by atoms with Crippen molar-refractivity contribution in [3.8, 4) is 0 Å². The lowest BCUT2D eigenvalue weighted by molar-refractivity contribution is 0.0692. The van der Waals surface area contributed by atoms with E-state index in [1.807, 2.05) is 30.3 Å². The molecular weight excluding hydrogens is 336 g/mol. The molecule has 3 rings (SSSR count). The molecule has 2 heterocycles. The molecule has 1 aromatic carbocycles. The van der Waals surface area contributed by atoms with Crippen molar-refractivity contribution in [1.82, 2.24) is 10.0 Å². The van der Waals surface area contributed by atoms with Crippen LogP contribution < -0.4 is 10.0 Å². The fraction of sp³-hybridized carbons (Fsp3) is 0.267. The quantitative estimate of drug-likeness (QED) is 0.759. The molecule has 3 N–H and O–H groups in total. The van der Waals surface area contributed by atoms with Gasteiger partial charge in [-0.2, -0.15) is 0 Å². The van der Waals surface area contributed by atoms with Crippen LogP contribution in [0.1, 0.15) is 26.4 Å². The predicted molar refractivity (Wildman–Crippen MR) is 87.2 cm³/mol. The predicted octanol–water partition coefficient (Wildman–Crippen LogP) is 1.57. The molecule has 0 fully saturated rings. The van der Waals surface area contributed by atoms with Gasteiger partial charge >= 0.3 is 5.97 Å². The minimum atomic E-state index is -3.87. The van der Waals surface area contributed by atoms with Crippen molar-refractivity contribution in [2.45, 2.75) is 23.7 Å². The molecule has 2 aromatic rings. The Hall–Kier alpha value is -1.74. The number of rotatable bonds is 5. The van der Waals surface area contributed by atoms with Gasteiger partial charge in [0.1, 0.15) is 4.21 Å². The largest absolute Gasteiger partial charge is 0.478 e. The van der Waals surface area contributed by atoms with E-state index in [1.54, 1.807) is 0 Å². The number of fused-ring (bicyclic) bond motifs is 1. The second-order valence-corrected chi connectivity index (χ2v) is 8.28. The van der Waals surface area contributed by atoms with Crippen molar-refractivity contribution in [2.75, 3.05) is 6.54 Å². The topological polar surface area (TPSA) is 95.5 Å². The second kappa shape index (κ2) is 6.40. The van der Waals surface area contributed by atoms with Crippen molar-refractivity contribution in [2.24, 2.45) is 0 Å². The molecule has 0 atom stereocenters. The van der Waals surface area contributed by atoms with Gasteiger partial charge in [-0.15, -0.1) is 11.3 Å². The number of benzene rings is 1. The molecule has 1 aliphatic heterocycles. The monoisotopic (exact) mass is 352 g/mol. The van der Waals surface area contributed by atoms with Gasteiger partial charge in [0, 0.05) is 18.0 Å². The number of thiophene rings is 1. The number of sulfonamides is 1. The van der Waals surface area contributed by atoms with E-state index in [9.17, 15) is 18.3 Å². The highest BCUT2D eigenvalue weighted by molar-refractivity contribution is 7.91. The third-order valence-corrected chi connectivity index (χ3v) is 6.81. The minimum absolute atomic E-state index is 0.0768. The lowest BCUT2D eigenvalue weighted by Gasteiger charge is -2.12. The number of hydrogen-bond acceptors (Lipinski definition) is 5. The first-order valence-corrected chi connectivity index (χ1v) is 9.41. The van der Waals surface area contributed by atoms with Crippen LogP contribution in [0.2, 0.25) is 0 Å². The Bertz CT molecular complexity index is 829. The average molecular weight is 352 g/mol. The third kappa shape index (κ3) is 3.30. The summed E-state index contributed by atoms with van der Waals surface area (Å²) in [6.07, 6.45) is 0.529. The van der Waals surface area contributed by atoms with Gasteiger partial charge < -0.3 is 10.4 Å². The maximum absolute atomic E-state index is 12.6. The van der Waals surface area contributed by atoms with Crippen molar-refractivity contribution >= 4 is 27.3 Å². The molecule has 0 aliphatic carbocycles. The number of nitrogens with one attached hydrogen (secondary N) is 2. The van der Waals surface area contributed by atoms with Gasteiger partial charge in [-0.3, -0.25) is 0 Å². The Balaban J connectivity index is 1.93. The van der Waals surface area contributed by atoms with Crippen molar-refractivity contribution in [1.29, 1.82) is 0 Å². The van der Waals surface area contributed by atoms with Crippen LogP contribution in [0.3, 0.4) is 0 Å². The summed E-state index contributed by atoms with van der Waals surface area (Å²) in [4.78, 5) is 12.4. The molecule has 0 radical (unpaired) electrons. The molecule has 1 aliphatic rings. The van der Waals surface area contributed by atoms with Gasteiger partial charge in [-0.1, -0.05) is 30.3 Å². The molecule has 0 bridgehead atoms. The van der Waals surface area contributed by atoms with Crippen LogP contribution >= 0.6 is 11.3 Å². The van der Waals surface area contributed by atoms with Gasteiger partial charge in [0.05, 0.1) is 5.56 Å². The highest BCUT2D eigenvalue weighted by Gasteiger charge is 2.31. The van der Waals surface area contributed by atoms with Crippen molar-refractivity contribution in [3.05, 3.63) is 51.9 Å². The number of aromatic carboxylic acids is 1. The summed E-state index contributed by atoms with van der Waals surface area (Å²) in [5.41, 5.74) is 1.38. The molecule has 1 aromatic heterocycles. The molecule has 8 heteroatoms. The maximum atomic E-state index is 12.6. The smallest absolute Gasteiger partial charge is 0.338 e. The second-order valence-electron chi connectivity index (χ2n) is 5.21. The van der Waals surface area contributed by atoms with Gasteiger partial charge in [0.25, 0.3) is 10.0 Å². The van der Waals surface area contributed by atoms with E-state index in [1.165, 1.54) is 0 Å². The number of carboxylic acid groups (broad SMARTS) is 1. The highest BCUT2D eigenvalue weighted by atomic mass is 32.2. The number of carboxylic acids is 1. The zero-order valence-corrected chi connectivity index (χ0v) is 13.8. The van der Waals surface area contributed by atoms with E-state index in [4.69, 9.17) is 0 Å². The molecule has 23 heavy (non-hydrogen) atoms. The summed E-state index contributed by atoms with van der Waals surface area (Å²) in [5, 5.41) is 12.6. The Morgan fingerprint density at radius 2 is 2.04 bits per heavy atom. The van der Waals surface area contributed by atoms with Gasteiger partial charge in [-0.25, -0.2) is 17.9 Å². The van der Waals surface area contributed by atoms with E-state index < -0.39 is 16.0 Å². The Labute approximate surface area is 138 Å². The van der Waals surface area contributed by atoms with E-state index in [-0.39, 0.29) is 16.3 Å². The Morgan fingerprint density at radius 1 is 1.30 bits per heavy atom. The summed E-state index contributed by atoms with van der Waals surface area (Å²) in [6, 6.07) is 9.11. The number of carbonyl (C=O) groups is 1. The third-order valence-electron chi connectivity index (χ3n) is 3.66. The summed E-state index contributed by atoms with van der Waals surface area (Å²) >= 11 is 1.04. The fourth-order valence-electron chi connectivity index (χ4n) is 2.56. The lowest BCUT2D eigenvalue weighted by Crippen LogP contribution is -2.25. The zero-order chi connectivity index (χ0) is 16.4. The van der Waals surface area contributed by atoms with Gasteiger partial charge in [0.2, 0.25) is 0 Å². The van der Waals surface area contributed by atoms with Crippen LogP contribution in [-0.2, 0) is 29.5 Å². The van der Waals surface area contributed by atoms with E-state index in [2.05, 4.69) is 10.0 Å². The Morgan fingerprint density at radius 3 is 2.74 bits per heavy atom. The van der Waals surface area contributed by atoms with Crippen LogP contribution in [0, 0.1) is 0 Å². The standard InChI is InChI=1S/C15H16N2O4S2/c18-14(19)13-11-6-7-16-9-12(11)22-15(13)23(20,21)17-8-10-4-2-1-3-5-10/h1-5,16-17H,6-9H2,(H,18,19). The zero-order valence-electron chi connectivity index (χ0n) is 12.2. The molecule has 0 unspecified atom stereocenters. The highest BCUT2D eigenvalue weighted by Crippen LogP contribution is 2.34. The van der Waals surface area contributed by atoms with Crippen LogP contribution in [0.5, 0.6) is 0 Å². The molecule has 0 amide bonds. The van der Waals surface area contributed by atoms with E-state index in [0.717, 1.165) is 21.8 Å². The Kier molecular flexibility index (Phi) is 4.49. The first-order valence-electron chi connectivity index (χ1n) is 7.11. The van der Waals surface area contributed by atoms with Gasteiger partial charge in [-0.05, 0) is 24.1 Å². The maximum Gasteiger partial charge on any atom is 0.338 e. The molecule has 6 nitrogen and oxygen atoms in total. The first-order chi connectivity index (χ1) is 11.0. The first kappa shape index (κ1) is 16.1. The summed E-state index contributed by atoms with van der Waals surface area (Å²) < 4.78 is 27.5. The molecule has 0 saturated carbocycles. The number of hydrogen-bond donors (Lipinski definition) is 3. The van der Waals surface area contributed by atoms with Crippen LogP contribution in [0.4, 0.5) is 0 Å². The average Bonchev–Trinajstić information content (AvgIpc) is 2.95. The van der Waals surface area contributed by atoms with Crippen LogP contribution in [0.25, 0.3) is 0 Å². The lowest BCUT2D eigenvalue weighted by atomic mass is 10.1. The van der Waals surface area contributed by atoms with Crippen molar-refractivity contribution < 1.29 is 18.3 Å². The van der Waals surface area contributed by atoms with Crippen molar-refractivity contribution in [3.63, 3.8) is 0 Å². The van der Waals surface area contributed by atoms with E-state index in [0.29, 0.717) is 25.1 Å². The SMILES string of the molecule is O=C(O)c1c(S(=O)(=O)NCc2ccccc2)sc2c1CCNC2. The minimum Gasteiger partial charge on any atom is -0.478 e. The van der Waals surface area contributed by atoms with E-state index >= 15 is 0 Å². The van der Waals surface area contributed by atoms with Crippen LogP contribution in [-0.4, -0.2) is 26.0 Å². The molecule has 0 saturated heterocycles. The summed E-state index contributed by atoms with van der Waals surface area (Å²) in [5.74, 6) is -1.19. The summed E-state index contributed by atoms with van der Waals surface area (Å²) in [7, 11) is -3.87. The molecule has 122 valence electrons. The van der Waals surface area contributed by atoms with Crippen LogP contribution in [0.15, 0.2) is 34.5 Å².